The molecule has 2 atom stereocenters. The fourth-order valence-corrected chi connectivity index (χ4v) is 3.44. The van der Waals surface area contributed by atoms with E-state index >= 15 is 0 Å². The molecule has 0 aliphatic carbocycles. The van der Waals surface area contributed by atoms with Gasteiger partial charge >= 0.3 is 12.1 Å². The first-order valence-electron chi connectivity index (χ1n) is 10.0. The largest absolute Gasteiger partial charge is 0.497 e. The number of hydrogen-bond donors (Lipinski definition) is 0. The van der Waals surface area contributed by atoms with Crippen molar-refractivity contribution >= 4 is 29.0 Å². The molecule has 31 heavy (non-hydrogen) atoms. The first-order valence-corrected chi connectivity index (χ1v) is 10.0. The Balaban J connectivity index is 1.87. The van der Waals surface area contributed by atoms with Gasteiger partial charge in [0, 0.05) is 23.4 Å². The number of fused-ring (bicyclic) bond motifs is 1. The van der Waals surface area contributed by atoms with Crippen molar-refractivity contribution < 1.29 is 28.5 Å². The molecule has 1 aliphatic heterocycles. The summed E-state index contributed by atoms with van der Waals surface area (Å²) in [6.45, 7) is 9.32. The van der Waals surface area contributed by atoms with Crippen LogP contribution in [-0.4, -0.2) is 60.5 Å². The second kappa shape index (κ2) is 8.83. The molecule has 1 aromatic carbocycles. The Morgan fingerprint density at radius 3 is 2.58 bits per heavy atom. The van der Waals surface area contributed by atoms with Crippen LogP contribution in [0, 0.1) is 0 Å². The summed E-state index contributed by atoms with van der Waals surface area (Å²) in [4.78, 5) is 30.9. The van der Waals surface area contributed by atoms with E-state index in [0.717, 1.165) is 5.39 Å². The number of benzene rings is 1. The third-order valence-corrected chi connectivity index (χ3v) is 4.88. The van der Waals surface area contributed by atoms with Gasteiger partial charge in [0.15, 0.2) is 0 Å². The second-order valence-corrected chi connectivity index (χ2v) is 8.29. The number of amides is 1. The van der Waals surface area contributed by atoms with Crippen molar-refractivity contribution in [2.45, 2.75) is 44.9 Å². The first-order chi connectivity index (χ1) is 14.6. The van der Waals surface area contributed by atoms with E-state index in [2.05, 4.69) is 11.6 Å². The number of hydrogen-bond acceptors (Lipinski definition) is 7. The Kier molecular flexibility index (Phi) is 6.38. The topological polar surface area (TPSA) is 87.2 Å². The molecule has 2 aromatic rings. The van der Waals surface area contributed by atoms with E-state index in [0.29, 0.717) is 22.7 Å². The van der Waals surface area contributed by atoms with Crippen molar-refractivity contribution in [2.75, 3.05) is 20.8 Å². The third kappa shape index (κ3) is 5.07. The van der Waals surface area contributed by atoms with Crippen LogP contribution in [0.2, 0.25) is 0 Å². The molecule has 0 saturated carbocycles. The number of nitrogens with zero attached hydrogens (tertiary/aromatic N) is 2. The fourth-order valence-electron chi connectivity index (χ4n) is 3.44. The Morgan fingerprint density at radius 2 is 1.97 bits per heavy atom. The summed E-state index contributed by atoms with van der Waals surface area (Å²) in [7, 11) is 2.88. The number of methoxy groups -OCH3 is 2. The van der Waals surface area contributed by atoms with Crippen LogP contribution in [-0.2, 0) is 14.3 Å². The second-order valence-electron chi connectivity index (χ2n) is 8.29. The highest BCUT2D eigenvalue weighted by Gasteiger charge is 2.43. The van der Waals surface area contributed by atoms with E-state index in [1.165, 1.54) is 12.0 Å². The van der Waals surface area contributed by atoms with Crippen LogP contribution in [0.5, 0.6) is 11.6 Å². The Hall–Kier alpha value is -3.29. The minimum absolute atomic E-state index is 0.170. The van der Waals surface area contributed by atoms with Gasteiger partial charge in [0.2, 0.25) is 5.88 Å². The van der Waals surface area contributed by atoms with Crippen molar-refractivity contribution in [3.63, 3.8) is 0 Å². The van der Waals surface area contributed by atoms with Gasteiger partial charge in [-0.05, 0) is 39.0 Å². The predicted octanol–water partition coefficient (Wildman–Crippen LogP) is 3.82. The van der Waals surface area contributed by atoms with Crippen LogP contribution in [0.25, 0.3) is 17.0 Å². The van der Waals surface area contributed by atoms with Gasteiger partial charge < -0.3 is 18.9 Å². The molecule has 1 amide bonds. The summed E-state index contributed by atoms with van der Waals surface area (Å²) < 4.78 is 21.7. The Bertz CT molecular complexity index is 997. The lowest BCUT2D eigenvalue weighted by atomic mass is 10.1. The van der Waals surface area contributed by atoms with Gasteiger partial charge in [-0.1, -0.05) is 12.7 Å². The van der Waals surface area contributed by atoms with Crippen molar-refractivity contribution in [1.29, 1.82) is 0 Å². The van der Waals surface area contributed by atoms with Crippen molar-refractivity contribution in [2.24, 2.45) is 0 Å². The summed E-state index contributed by atoms with van der Waals surface area (Å²) >= 11 is 0. The average Bonchev–Trinajstić information content (AvgIpc) is 3.15. The van der Waals surface area contributed by atoms with E-state index in [9.17, 15) is 9.59 Å². The van der Waals surface area contributed by atoms with Crippen molar-refractivity contribution in [3.8, 4) is 11.6 Å². The van der Waals surface area contributed by atoms with E-state index in [1.807, 2.05) is 24.3 Å². The molecule has 8 heteroatoms. The lowest BCUT2D eigenvalue weighted by Gasteiger charge is -2.27. The molecule has 1 saturated heterocycles. The van der Waals surface area contributed by atoms with Crippen LogP contribution in [0.15, 0.2) is 30.8 Å². The van der Waals surface area contributed by atoms with Crippen molar-refractivity contribution in [1.82, 2.24) is 9.88 Å². The molecular weight excluding hydrogens is 400 g/mol. The van der Waals surface area contributed by atoms with Crippen LogP contribution in [0.4, 0.5) is 4.79 Å². The number of carbonyl (C=O) groups excluding carboxylic acids is 2. The molecule has 1 aliphatic rings. The minimum Gasteiger partial charge on any atom is -0.497 e. The van der Waals surface area contributed by atoms with E-state index in [4.69, 9.17) is 18.9 Å². The van der Waals surface area contributed by atoms with Gasteiger partial charge in [-0.2, -0.15) is 0 Å². The lowest BCUT2D eigenvalue weighted by molar-refractivity contribution is -0.145. The number of pyridine rings is 1. The maximum absolute atomic E-state index is 12.7. The van der Waals surface area contributed by atoms with Gasteiger partial charge in [0.05, 0.1) is 26.3 Å². The zero-order chi connectivity index (χ0) is 22.8. The smallest absolute Gasteiger partial charge is 0.411 e. The number of likely N-dealkylation sites (tertiary alicyclic amines) is 1. The highest BCUT2D eigenvalue weighted by Crippen LogP contribution is 2.30. The molecule has 0 bridgehead atoms. The highest BCUT2D eigenvalue weighted by molar-refractivity contribution is 5.84. The molecule has 0 radical (unpaired) electrons. The quantitative estimate of drug-likeness (QED) is 0.669. The van der Waals surface area contributed by atoms with E-state index < -0.39 is 29.8 Å². The molecule has 2 heterocycles. The molecular formula is C23H28N2O6. The number of ether oxygens (including phenoxy) is 4. The van der Waals surface area contributed by atoms with Gasteiger partial charge in [-0.25, -0.2) is 14.6 Å². The molecule has 1 fully saturated rings. The maximum Gasteiger partial charge on any atom is 0.411 e. The fraction of sp³-hybridized carbons (Fsp3) is 0.435. The zero-order valence-electron chi connectivity index (χ0n) is 18.5. The van der Waals surface area contributed by atoms with Crippen LogP contribution in [0.3, 0.4) is 0 Å². The van der Waals surface area contributed by atoms with Gasteiger partial charge in [0.25, 0.3) is 0 Å². The molecule has 0 unspecified atom stereocenters. The van der Waals surface area contributed by atoms with Crippen molar-refractivity contribution in [3.05, 3.63) is 36.4 Å². The summed E-state index contributed by atoms with van der Waals surface area (Å²) in [5, 5.41) is 0.914. The zero-order valence-corrected chi connectivity index (χ0v) is 18.5. The Morgan fingerprint density at radius 1 is 1.23 bits per heavy atom. The lowest BCUT2D eigenvalue weighted by Crippen LogP contribution is -2.44. The summed E-state index contributed by atoms with van der Waals surface area (Å²) in [6.07, 6.45) is 0.866. The standard InChI is InChI=1S/C23H28N2O6/c1-7-14-10-15-8-9-16(28-5)11-18(15)24-20(14)30-17-12-19(21(26)29-6)25(13-17)22(27)31-23(2,3)4/h7-11,17,19H,1,12-13H2,2-6H3/t17-,19+/m1/s1. The first kappa shape index (κ1) is 22.4. The summed E-state index contributed by atoms with van der Waals surface area (Å²) in [6, 6.07) is 6.70. The van der Waals surface area contributed by atoms with Gasteiger partial charge in [-0.15, -0.1) is 0 Å². The number of esters is 1. The monoisotopic (exact) mass is 428 g/mol. The normalized spacial score (nSPS) is 18.5. The molecule has 8 nitrogen and oxygen atoms in total. The molecule has 0 N–H and O–H groups in total. The van der Waals surface area contributed by atoms with Crippen LogP contribution >= 0.6 is 0 Å². The molecule has 0 spiro atoms. The predicted molar refractivity (Wildman–Crippen MR) is 116 cm³/mol. The van der Waals surface area contributed by atoms with Crippen LogP contribution in [0.1, 0.15) is 32.8 Å². The van der Waals surface area contributed by atoms with E-state index in [1.54, 1.807) is 34.0 Å². The number of rotatable bonds is 5. The van der Waals surface area contributed by atoms with E-state index in [-0.39, 0.29) is 13.0 Å². The Labute approximate surface area is 181 Å². The molecule has 166 valence electrons. The van der Waals surface area contributed by atoms with Gasteiger partial charge in [-0.3, -0.25) is 4.90 Å². The number of aromatic nitrogens is 1. The van der Waals surface area contributed by atoms with Gasteiger partial charge in [0.1, 0.15) is 23.5 Å². The molecule has 1 aromatic heterocycles. The highest BCUT2D eigenvalue weighted by atomic mass is 16.6. The average molecular weight is 428 g/mol. The van der Waals surface area contributed by atoms with Crippen LogP contribution < -0.4 is 9.47 Å². The summed E-state index contributed by atoms with van der Waals surface area (Å²) in [5.41, 5.74) is 0.723. The minimum atomic E-state index is -0.794. The molecule has 3 rings (SSSR count). The maximum atomic E-state index is 12.7. The SMILES string of the molecule is C=Cc1cc2ccc(OC)cc2nc1O[C@@H]1C[C@@H](C(=O)OC)N(C(=O)OC(C)(C)C)C1. The number of carbonyl (C=O) groups is 2. The summed E-state index contributed by atoms with van der Waals surface area (Å²) in [5.74, 6) is 0.535. The third-order valence-electron chi connectivity index (χ3n) is 4.88.